The summed E-state index contributed by atoms with van der Waals surface area (Å²) in [6.45, 7) is 3.53. The Morgan fingerprint density at radius 2 is 2.22 bits per heavy atom. The van der Waals surface area contributed by atoms with Gasteiger partial charge in [-0.1, -0.05) is 37.3 Å². The van der Waals surface area contributed by atoms with Crippen LogP contribution in [0.25, 0.3) is 11.0 Å². The first-order valence-electron chi connectivity index (χ1n) is 6.18. The molecule has 1 unspecified atom stereocenters. The molecule has 1 aliphatic heterocycles. The van der Waals surface area contributed by atoms with Gasteiger partial charge in [-0.05, 0) is 18.1 Å². The van der Waals surface area contributed by atoms with E-state index in [0.717, 1.165) is 17.5 Å². The first-order valence-corrected chi connectivity index (χ1v) is 6.18. The second-order valence-electron chi connectivity index (χ2n) is 4.76. The molecule has 3 heteroatoms. The normalized spacial score (nSPS) is 19.4. The molecule has 1 atom stereocenters. The minimum Gasteiger partial charge on any atom is -0.451 e. The molecule has 0 fully saturated rings. The summed E-state index contributed by atoms with van der Waals surface area (Å²) in [6, 6.07) is 9.50. The highest BCUT2D eigenvalue weighted by atomic mass is 16.3. The van der Waals surface area contributed by atoms with Gasteiger partial charge in [0.05, 0.1) is 0 Å². The van der Waals surface area contributed by atoms with Gasteiger partial charge in [0.25, 0.3) is 5.91 Å². The fourth-order valence-electron chi connectivity index (χ4n) is 2.31. The van der Waals surface area contributed by atoms with Crippen LogP contribution in [0.1, 0.15) is 17.5 Å². The summed E-state index contributed by atoms with van der Waals surface area (Å²) >= 11 is 0. The van der Waals surface area contributed by atoms with Crippen molar-refractivity contribution in [2.24, 2.45) is 5.92 Å². The number of benzene rings is 1. The molecular formula is C15H15NO2. The molecule has 1 aromatic carbocycles. The fourth-order valence-corrected chi connectivity index (χ4v) is 2.31. The van der Waals surface area contributed by atoms with Crippen molar-refractivity contribution in [3.63, 3.8) is 0 Å². The van der Waals surface area contributed by atoms with Crippen molar-refractivity contribution in [3.8, 4) is 0 Å². The molecular weight excluding hydrogens is 226 g/mol. The molecule has 2 heterocycles. The quantitative estimate of drug-likeness (QED) is 0.719. The molecule has 0 bridgehead atoms. The van der Waals surface area contributed by atoms with Crippen molar-refractivity contribution < 1.29 is 9.21 Å². The maximum Gasteiger partial charge on any atom is 0.289 e. The largest absolute Gasteiger partial charge is 0.451 e. The number of rotatable bonds is 1. The first-order chi connectivity index (χ1) is 8.74. The second-order valence-corrected chi connectivity index (χ2v) is 4.76. The Hall–Kier alpha value is -2.03. The molecule has 1 aromatic heterocycles. The average molecular weight is 241 g/mol. The van der Waals surface area contributed by atoms with Gasteiger partial charge in [0.15, 0.2) is 5.76 Å². The summed E-state index contributed by atoms with van der Waals surface area (Å²) in [6.07, 6.45) is 4.18. The van der Waals surface area contributed by atoms with Crippen molar-refractivity contribution in [1.82, 2.24) is 4.90 Å². The molecule has 0 radical (unpaired) electrons. The molecule has 0 saturated heterocycles. The van der Waals surface area contributed by atoms with Crippen LogP contribution in [0.3, 0.4) is 0 Å². The molecule has 3 nitrogen and oxygen atoms in total. The van der Waals surface area contributed by atoms with Crippen LogP contribution in [0, 0.1) is 5.92 Å². The van der Waals surface area contributed by atoms with E-state index in [4.69, 9.17) is 4.42 Å². The van der Waals surface area contributed by atoms with Crippen LogP contribution in [0.4, 0.5) is 0 Å². The molecule has 0 spiro atoms. The van der Waals surface area contributed by atoms with Crippen molar-refractivity contribution in [3.05, 3.63) is 48.2 Å². The van der Waals surface area contributed by atoms with E-state index in [9.17, 15) is 4.79 Å². The monoisotopic (exact) mass is 241 g/mol. The second kappa shape index (κ2) is 4.33. The molecule has 0 saturated carbocycles. The zero-order valence-corrected chi connectivity index (χ0v) is 10.3. The van der Waals surface area contributed by atoms with E-state index < -0.39 is 0 Å². The van der Waals surface area contributed by atoms with Crippen LogP contribution in [-0.4, -0.2) is 23.9 Å². The van der Waals surface area contributed by atoms with Crippen LogP contribution in [0.5, 0.6) is 0 Å². The van der Waals surface area contributed by atoms with Gasteiger partial charge < -0.3 is 9.32 Å². The first kappa shape index (κ1) is 11.1. The molecule has 18 heavy (non-hydrogen) atoms. The highest BCUT2D eigenvalue weighted by molar-refractivity contribution is 5.96. The molecule has 92 valence electrons. The van der Waals surface area contributed by atoms with Crippen LogP contribution in [0.15, 0.2) is 46.9 Å². The van der Waals surface area contributed by atoms with Crippen molar-refractivity contribution in [2.45, 2.75) is 6.92 Å². The summed E-state index contributed by atoms with van der Waals surface area (Å²) in [5.74, 6) is 0.813. The smallest absolute Gasteiger partial charge is 0.289 e. The van der Waals surface area contributed by atoms with E-state index in [1.165, 1.54) is 0 Å². The number of nitrogens with zero attached hydrogens (tertiary/aromatic N) is 1. The molecule has 0 N–H and O–H groups in total. The van der Waals surface area contributed by atoms with E-state index in [1.807, 2.05) is 41.3 Å². The lowest BCUT2D eigenvalue weighted by Crippen LogP contribution is -2.36. The molecule has 1 aliphatic rings. The van der Waals surface area contributed by atoms with Gasteiger partial charge in [-0.3, -0.25) is 4.79 Å². The number of fused-ring (bicyclic) bond motifs is 1. The van der Waals surface area contributed by atoms with Gasteiger partial charge in [0.1, 0.15) is 5.58 Å². The van der Waals surface area contributed by atoms with Crippen molar-refractivity contribution in [1.29, 1.82) is 0 Å². The lowest BCUT2D eigenvalue weighted by Gasteiger charge is -2.26. The Labute approximate surface area is 106 Å². The summed E-state index contributed by atoms with van der Waals surface area (Å²) < 4.78 is 5.60. The molecule has 0 aliphatic carbocycles. The number of amides is 1. The summed E-state index contributed by atoms with van der Waals surface area (Å²) in [7, 11) is 0. The van der Waals surface area contributed by atoms with Crippen molar-refractivity contribution in [2.75, 3.05) is 13.1 Å². The summed E-state index contributed by atoms with van der Waals surface area (Å²) in [5, 5.41) is 0.974. The number of hydrogen-bond acceptors (Lipinski definition) is 2. The summed E-state index contributed by atoms with van der Waals surface area (Å²) in [5.41, 5.74) is 0.765. The van der Waals surface area contributed by atoms with E-state index >= 15 is 0 Å². The number of carbonyl (C=O) groups is 1. The van der Waals surface area contributed by atoms with Crippen molar-refractivity contribution >= 4 is 16.9 Å². The third-order valence-corrected chi connectivity index (χ3v) is 3.22. The van der Waals surface area contributed by atoms with Gasteiger partial charge in [-0.2, -0.15) is 0 Å². The van der Waals surface area contributed by atoms with E-state index in [1.54, 1.807) is 0 Å². The Morgan fingerprint density at radius 1 is 1.39 bits per heavy atom. The minimum absolute atomic E-state index is 0.0256. The van der Waals surface area contributed by atoms with Gasteiger partial charge in [-0.15, -0.1) is 0 Å². The highest BCUT2D eigenvalue weighted by Crippen LogP contribution is 2.21. The van der Waals surface area contributed by atoms with Gasteiger partial charge in [-0.25, -0.2) is 0 Å². The molecule has 3 rings (SSSR count). The van der Waals surface area contributed by atoms with Crippen LogP contribution in [0.2, 0.25) is 0 Å². The maximum atomic E-state index is 12.3. The Balaban J connectivity index is 1.90. The Kier molecular flexibility index (Phi) is 2.67. The Morgan fingerprint density at radius 3 is 3.00 bits per heavy atom. The molecule has 1 amide bonds. The van der Waals surface area contributed by atoms with E-state index in [2.05, 4.69) is 13.0 Å². The Bertz CT molecular complexity index is 579. The number of carbonyl (C=O) groups excluding carboxylic acids is 1. The minimum atomic E-state index is -0.0256. The van der Waals surface area contributed by atoms with Gasteiger partial charge >= 0.3 is 0 Å². The number of furan rings is 1. The maximum absolute atomic E-state index is 12.3. The lowest BCUT2D eigenvalue weighted by molar-refractivity contribution is 0.0723. The third-order valence-electron chi connectivity index (χ3n) is 3.22. The fraction of sp³-hybridized carbons (Fsp3) is 0.267. The van der Waals surface area contributed by atoms with E-state index in [-0.39, 0.29) is 5.91 Å². The highest BCUT2D eigenvalue weighted by Gasteiger charge is 2.21. The molecule has 2 aromatic rings. The average Bonchev–Trinajstić information content (AvgIpc) is 2.81. The van der Waals surface area contributed by atoms with Crippen LogP contribution in [-0.2, 0) is 0 Å². The lowest BCUT2D eigenvalue weighted by atomic mass is 10.1. The zero-order chi connectivity index (χ0) is 12.5. The predicted molar refractivity (Wildman–Crippen MR) is 70.4 cm³/mol. The predicted octanol–water partition coefficient (Wildman–Crippen LogP) is 3.08. The number of hydrogen-bond donors (Lipinski definition) is 0. The SMILES string of the molecule is CC1C=CCN(C(=O)c2cc3ccccc3o2)C1. The topological polar surface area (TPSA) is 33.5 Å². The third kappa shape index (κ3) is 1.92. The van der Waals surface area contributed by atoms with Gasteiger partial charge in [0, 0.05) is 18.5 Å². The van der Waals surface area contributed by atoms with E-state index in [0.29, 0.717) is 18.2 Å². The van der Waals surface area contributed by atoms with Crippen LogP contribution >= 0.6 is 0 Å². The number of para-hydroxylation sites is 1. The van der Waals surface area contributed by atoms with Crippen LogP contribution < -0.4 is 0 Å². The summed E-state index contributed by atoms with van der Waals surface area (Å²) in [4.78, 5) is 14.1. The van der Waals surface area contributed by atoms with Gasteiger partial charge in [0.2, 0.25) is 0 Å². The zero-order valence-electron chi connectivity index (χ0n) is 10.3. The standard InChI is InChI=1S/C15H15NO2/c1-11-5-4-8-16(10-11)15(17)14-9-12-6-2-3-7-13(12)18-14/h2-7,9,11H,8,10H2,1H3.